The van der Waals surface area contributed by atoms with E-state index in [1.54, 1.807) is 11.1 Å². The molecule has 0 amide bonds. The molecule has 0 aliphatic carbocycles. The molecule has 1 aromatic carbocycles. The minimum atomic E-state index is 0.0128. The summed E-state index contributed by atoms with van der Waals surface area (Å²) in [4.78, 5) is 5.84. The second-order valence-electron chi connectivity index (χ2n) is 3.27. The Morgan fingerprint density at radius 3 is 2.69 bits per heavy atom. The van der Waals surface area contributed by atoms with Crippen molar-refractivity contribution in [3.8, 4) is 0 Å². The van der Waals surface area contributed by atoms with Crippen LogP contribution in [0.15, 0.2) is 41.9 Å². The van der Waals surface area contributed by atoms with Gasteiger partial charge in [0.05, 0.1) is 6.54 Å². The summed E-state index contributed by atoms with van der Waals surface area (Å²) in [5.74, 6) is 0.0128. The maximum absolute atomic E-state index is 7.55. The van der Waals surface area contributed by atoms with Gasteiger partial charge < -0.3 is 5.73 Å². The molecule has 5 heteroatoms. The highest BCUT2D eigenvalue weighted by atomic mass is 32.1. The molecular formula is C11H12N4S. The van der Waals surface area contributed by atoms with Crippen molar-refractivity contribution < 1.29 is 0 Å². The molecule has 0 aliphatic rings. The van der Waals surface area contributed by atoms with E-state index >= 15 is 0 Å². The van der Waals surface area contributed by atoms with E-state index in [1.165, 1.54) is 11.3 Å². The summed E-state index contributed by atoms with van der Waals surface area (Å²) in [6.07, 6.45) is 1.71. The molecule has 2 rings (SSSR count). The zero-order chi connectivity index (χ0) is 11.4. The van der Waals surface area contributed by atoms with Gasteiger partial charge in [-0.05, 0) is 5.56 Å². The fourth-order valence-corrected chi connectivity index (χ4v) is 2.03. The van der Waals surface area contributed by atoms with E-state index in [-0.39, 0.29) is 5.96 Å². The monoisotopic (exact) mass is 232 g/mol. The molecule has 0 atom stereocenters. The molecular weight excluding hydrogens is 220 g/mol. The van der Waals surface area contributed by atoms with Gasteiger partial charge in [-0.3, -0.25) is 10.3 Å². The summed E-state index contributed by atoms with van der Waals surface area (Å²) in [5, 5.41) is 10.2. The zero-order valence-electron chi connectivity index (χ0n) is 8.63. The Kier molecular flexibility index (Phi) is 3.16. The molecule has 0 aliphatic heterocycles. The highest BCUT2D eigenvalue weighted by Gasteiger charge is 2.12. The van der Waals surface area contributed by atoms with E-state index < -0.39 is 0 Å². The number of aromatic nitrogens is 1. The molecule has 1 aromatic heterocycles. The summed E-state index contributed by atoms with van der Waals surface area (Å²) in [6.45, 7) is 0.573. The molecule has 0 radical (unpaired) electrons. The van der Waals surface area contributed by atoms with Crippen molar-refractivity contribution in [3.63, 3.8) is 0 Å². The molecule has 0 saturated carbocycles. The van der Waals surface area contributed by atoms with Crippen LogP contribution in [0.3, 0.4) is 0 Å². The number of benzene rings is 1. The van der Waals surface area contributed by atoms with Crippen LogP contribution >= 0.6 is 11.3 Å². The molecule has 4 nitrogen and oxygen atoms in total. The largest absolute Gasteiger partial charge is 0.370 e. The van der Waals surface area contributed by atoms with Crippen LogP contribution < -0.4 is 10.6 Å². The molecule has 0 unspecified atom stereocenters. The molecule has 3 N–H and O–H groups in total. The zero-order valence-corrected chi connectivity index (χ0v) is 9.45. The van der Waals surface area contributed by atoms with E-state index in [0.717, 1.165) is 10.7 Å². The Bertz CT molecular complexity index is 452. The van der Waals surface area contributed by atoms with E-state index in [4.69, 9.17) is 11.1 Å². The topological polar surface area (TPSA) is 66.0 Å². The number of thiazole rings is 1. The van der Waals surface area contributed by atoms with E-state index in [2.05, 4.69) is 4.98 Å². The molecule has 0 fully saturated rings. The summed E-state index contributed by atoms with van der Waals surface area (Å²) in [6, 6.07) is 9.91. The first-order valence-electron chi connectivity index (χ1n) is 4.82. The van der Waals surface area contributed by atoms with E-state index in [9.17, 15) is 0 Å². The molecule has 0 bridgehead atoms. The first kappa shape index (κ1) is 10.6. The van der Waals surface area contributed by atoms with Crippen LogP contribution in [0.4, 0.5) is 5.13 Å². The van der Waals surface area contributed by atoms with Crippen LogP contribution in [-0.4, -0.2) is 10.9 Å². The maximum Gasteiger partial charge on any atom is 0.195 e. The number of guanidine groups is 1. The van der Waals surface area contributed by atoms with Crippen LogP contribution in [0.25, 0.3) is 0 Å². The Labute approximate surface area is 97.9 Å². The predicted molar refractivity (Wildman–Crippen MR) is 66.7 cm³/mol. The van der Waals surface area contributed by atoms with Crippen molar-refractivity contribution in [2.24, 2.45) is 5.73 Å². The summed E-state index contributed by atoms with van der Waals surface area (Å²) >= 11 is 1.47. The van der Waals surface area contributed by atoms with E-state index in [1.807, 2.05) is 35.7 Å². The summed E-state index contributed by atoms with van der Waals surface area (Å²) < 4.78 is 0. The summed E-state index contributed by atoms with van der Waals surface area (Å²) in [7, 11) is 0. The SMILES string of the molecule is N=C(N)N(Cc1ccccc1)c1nccs1. The summed E-state index contributed by atoms with van der Waals surface area (Å²) in [5.41, 5.74) is 6.66. The minimum absolute atomic E-state index is 0.0128. The van der Waals surface area contributed by atoms with Gasteiger partial charge in [-0.1, -0.05) is 30.3 Å². The molecule has 16 heavy (non-hydrogen) atoms. The van der Waals surface area contributed by atoms with Crippen LogP contribution in [0, 0.1) is 5.41 Å². The van der Waals surface area contributed by atoms with E-state index in [0.29, 0.717) is 6.54 Å². The lowest BCUT2D eigenvalue weighted by Crippen LogP contribution is -2.35. The van der Waals surface area contributed by atoms with Crippen LogP contribution in [0.1, 0.15) is 5.56 Å². The van der Waals surface area contributed by atoms with Crippen molar-refractivity contribution in [1.82, 2.24) is 4.98 Å². The number of nitrogens with one attached hydrogen (secondary N) is 1. The van der Waals surface area contributed by atoms with Gasteiger partial charge in [0.15, 0.2) is 11.1 Å². The average Bonchev–Trinajstić information content (AvgIpc) is 2.80. The fraction of sp³-hybridized carbons (Fsp3) is 0.0909. The normalized spacial score (nSPS) is 10.0. The quantitative estimate of drug-likeness (QED) is 0.628. The lowest BCUT2D eigenvalue weighted by atomic mass is 10.2. The third-order valence-electron chi connectivity index (χ3n) is 2.12. The number of nitrogens with two attached hydrogens (primary N) is 1. The van der Waals surface area contributed by atoms with Gasteiger partial charge >= 0.3 is 0 Å². The molecule has 82 valence electrons. The maximum atomic E-state index is 7.55. The number of hydrogen-bond acceptors (Lipinski definition) is 3. The molecule has 2 aromatic rings. The Morgan fingerprint density at radius 2 is 2.12 bits per heavy atom. The van der Waals surface area contributed by atoms with Crippen molar-refractivity contribution in [2.75, 3.05) is 4.90 Å². The van der Waals surface area contributed by atoms with Gasteiger partial charge in [0.25, 0.3) is 0 Å². The Morgan fingerprint density at radius 1 is 1.38 bits per heavy atom. The van der Waals surface area contributed by atoms with Gasteiger partial charge in [0.1, 0.15) is 0 Å². The number of anilines is 1. The number of rotatable bonds is 3. The minimum Gasteiger partial charge on any atom is -0.370 e. The van der Waals surface area contributed by atoms with Gasteiger partial charge in [0.2, 0.25) is 0 Å². The van der Waals surface area contributed by atoms with Crippen molar-refractivity contribution in [1.29, 1.82) is 5.41 Å². The van der Waals surface area contributed by atoms with Gasteiger partial charge in [-0.2, -0.15) is 0 Å². The van der Waals surface area contributed by atoms with Crippen molar-refractivity contribution in [2.45, 2.75) is 6.54 Å². The van der Waals surface area contributed by atoms with Crippen molar-refractivity contribution in [3.05, 3.63) is 47.5 Å². The lowest BCUT2D eigenvalue weighted by molar-refractivity contribution is 0.975. The highest BCUT2D eigenvalue weighted by Crippen LogP contribution is 2.19. The predicted octanol–water partition coefficient (Wildman–Crippen LogP) is 2.04. The third kappa shape index (κ3) is 2.38. The van der Waals surface area contributed by atoms with Crippen LogP contribution in [0.5, 0.6) is 0 Å². The number of nitrogens with zero attached hydrogens (tertiary/aromatic N) is 2. The smallest absolute Gasteiger partial charge is 0.195 e. The first-order valence-corrected chi connectivity index (χ1v) is 5.70. The molecule has 0 spiro atoms. The van der Waals surface area contributed by atoms with Gasteiger partial charge in [0, 0.05) is 11.6 Å². The van der Waals surface area contributed by atoms with Crippen LogP contribution in [0.2, 0.25) is 0 Å². The van der Waals surface area contributed by atoms with Crippen LogP contribution in [-0.2, 0) is 6.54 Å². The standard InChI is InChI=1S/C11H12N4S/c12-10(13)15(11-14-6-7-16-11)8-9-4-2-1-3-5-9/h1-7H,8H2,(H3,12,13). The van der Waals surface area contributed by atoms with Gasteiger partial charge in [-0.25, -0.2) is 4.98 Å². The van der Waals surface area contributed by atoms with Crippen molar-refractivity contribution >= 4 is 22.4 Å². The highest BCUT2D eigenvalue weighted by molar-refractivity contribution is 7.13. The van der Waals surface area contributed by atoms with Gasteiger partial charge in [-0.15, -0.1) is 11.3 Å². The lowest BCUT2D eigenvalue weighted by Gasteiger charge is -2.19. The first-order chi connectivity index (χ1) is 7.77. The molecule has 1 heterocycles. The number of hydrogen-bond donors (Lipinski definition) is 2. The average molecular weight is 232 g/mol. The third-order valence-corrected chi connectivity index (χ3v) is 2.92. The Hall–Kier alpha value is -1.88. The Balaban J connectivity index is 2.19. The second kappa shape index (κ2) is 4.76. The molecule has 0 saturated heterocycles. The fourth-order valence-electron chi connectivity index (χ4n) is 1.37. The second-order valence-corrected chi connectivity index (χ2v) is 4.14.